The minimum atomic E-state index is -3.64. The van der Waals surface area contributed by atoms with Crippen LogP contribution in [0.4, 0.5) is 5.69 Å². The molecule has 184 valence electrons. The van der Waals surface area contributed by atoms with Crippen molar-refractivity contribution >= 4 is 33.4 Å². The van der Waals surface area contributed by atoms with Gasteiger partial charge in [-0.1, -0.05) is 42.1 Å². The Morgan fingerprint density at radius 3 is 2.49 bits per heavy atom. The maximum atomic E-state index is 13.1. The van der Waals surface area contributed by atoms with Crippen LogP contribution >= 0.6 is 11.8 Å². The minimum absolute atomic E-state index is 0.158. The van der Waals surface area contributed by atoms with Gasteiger partial charge in [-0.05, 0) is 54.4 Å². The molecule has 3 aromatic rings. The van der Waals surface area contributed by atoms with Crippen molar-refractivity contribution in [1.82, 2.24) is 4.31 Å². The van der Waals surface area contributed by atoms with Crippen LogP contribution in [-0.4, -0.2) is 52.0 Å². The molecule has 9 heteroatoms. The fourth-order valence-electron chi connectivity index (χ4n) is 3.78. The summed E-state index contributed by atoms with van der Waals surface area (Å²) in [7, 11) is -2.10. The first-order valence-corrected chi connectivity index (χ1v) is 13.6. The Morgan fingerprint density at radius 2 is 1.74 bits per heavy atom. The lowest BCUT2D eigenvalue weighted by Crippen LogP contribution is -2.40. The van der Waals surface area contributed by atoms with Gasteiger partial charge in [-0.25, -0.2) is 8.42 Å². The molecule has 0 saturated carbocycles. The molecule has 0 aliphatic carbocycles. The Balaban J connectivity index is 1.45. The fraction of sp³-hybridized carbons (Fsp3) is 0.269. The van der Waals surface area contributed by atoms with Crippen molar-refractivity contribution in [3.05, 3.63) is 78.4 Å². The third kappa shape index (κ3) is 6.43. The first kappa shape index (κ1) is 25.2. The molecule has 0 aromatic heterocycles. The highest BCUT2D eigenvalue weighted by molar-refractivity contribution is 7.99. The third-order valence-corrected chi connectivity index (χ3v) is 8.59. The molecule has 1 saturated heterocycles. The second-order valence-corrected chi connectivity index (χ2v) is 11.0. The summed E-state index contributed by atoms with van der Waals surface area (Å²) < 4.78 is 38.2. The van der Waals surface area contributed by atoms with Gasteiger partial charge in [0.1, 0.15) is 5.75 Å². The highest BCUT2D eigenvalue weighted by atomic mass is 32.2. The van der Waals surface area contributed by atoms with Crippen LogP contribution < -0.4 is 10.1 Å². The van der Waals surface area contributed by atoms with E-state index in [1.165, 1.54) is 11.4 Å². The molecular weight excluding hydrogens is 484 g/mol. The van der Waals surface area contributed by atoms with Crippen molar-refractivity contribution in [2.45, 2.75) is 27.5 Å². The zero-order chi connectivity index (χ0) is 24.7. The number of anilines is 1. The summed E-state index contributed by atoms with van der Waals surface area (Å²) in [6.45, 7) is 1.41. The Morgan fingerprint density at radius 1 is 1.03 bits per heavy atom. The quantitative estimate of drug-likeness (QED) is 0.456. The molecule has 7 nitrogen and oxygen atoms in total. The number of nitrogens with one attached hydrogen (secondary N) is 1. The van der Waals surface area contributed by atoms with E-state index in [0.29, 0.717) is 44.0 Å². The number of sulfonamides is 1. The van der Waals surface area contributed by atoms with Crippen LogP contribution in [0.1, 0.15) is 12.0 Å². The smallest absolute Gasteiger partial charge is 0.243 e. The van der Waals surface area contributed by atoms with Crippen molar-refractivity contribution in [2.75, 3.05) is 38.7 Å². The maximum absolute atomic E-state index is 13.1. The van der Waals surface area contributed by atoms with Crippen molar-refractivity contribution in [2.24, 2.45) is 0 Å². The topological polar surface area (TPSA) is 84.9 Å². The molecule has 4 rings (SSSR count). The number of methoxy groups -OCH3 is 1. The second-order valence-electron chi connectivity index (χ2n) is 7.95. The molecule has 0 atom stereocenters. The van der Waals surface area contributed by atoms with Gasteiger partial charge in [-0.2, -0.15) is 4.31 Å². The van der Waals surface area contributed by atoms with Crippen LogP contribution in [-0.2, 0) is 26.0 Å². The van der Waals surface area contributed by atoms with Crippen LogP contribution in [0, 0.1) is 0 Å². The van der Waals surface area contributed by atoms with Crippen LogP contribution in [0.5, 0.6) is 5.75 Å². The lowest BCUT2D eigenvalue weighted by Gasteiger charge is -2.26. The number of hydrogen-bond donors (Lipinski definition) is 1. The molecule has 1 heterocycles. The zero-order valence-electron chi connectivity index (χ0n) is 19.5. The van der Waals surface area contributed by atoms with E-state index in [4.69, 9.17) is 9.47 Å². The van der Waals surface area contributed by atoms with Gasteiger partial charge in [0.05, 0.1) is 30.9 Å². The number of rotatable bonds is 9. The number of nitrogens with zero attached hydrogens (tertiary/aromatic N) is 1. The SMILES string of the molecule is COc1ccc(S(=O)(=O)N2CCOCC2)cc1CCC(=O)Nc1ccccc1Sc1ccccc1. The van der Waals surface area contributed by atoms with Gasteiger partial charge in [0.25, 0.3) is 0 Å². The summed E-state index contributed by atoms with van der Waals surface area (Å²) in [6.07, 6.45) is 0.525. The van der Waals surface area contributed by atoms with E-state index in [9.17, 15) is 13.2 Å². The lowest BCUT2D eigenvalue weighted by molar-refractivity contribution is -0.116. The molecule has 0 unspecified atom stereocenters. The third-order valence-electron chi connectivity index (χ3n) is 5.61. The first-order valence-electron chi connectivity index (χ1n) is 11.3. The molecule has 0 radical (unpaired) electrons. The highest BCUT2D eigenvalue weighted by Gasteiger charge is 2.27. The summed E-state index contributed by atoms with van der Waals surface area (Å²) in [6, 6.07) is 22.4. The number of carbonyl (C=O) groups excluding carboxylic acids is 1. The molecule has 1 amide bonds. The minimum Gasteiger partial charge on any atom is -0.496 e. The average molecular weight is 513 g/mol. The zero-order valence-corrected chi connectivity index (χ0v) is 21.1. The largest absolute Gasteiger partial charge is 0.496 e. The summed E-state index contributed by atoms with van der Waals surface area (Å²) in [5.41, 5.74) is 1.41. The summed E-state index contributed by atoms with van der Waals surface area (Å²) in [5, 5.41) is 2.99. The number of hydrogen-bond acceptors (Lipinski definition) is 6. The summed E-state index contributed by atoms with van der Waals surface area (Å²) in [4.78, 5) is 15.0. The average Bonchev–Trinajstić information content (AvgIpc) is 2.89. The molecule has 0 bridgehead atoms. The van der Waals surface area contributed by atoms with E-state index in [-0.39, 0.29) is 17.2 Å². The van der Waals surface area contributed by atoms with Crippen LogP contribution in [0.3, 0.4) is 0 Å². The van der Waals surface area contributed by atoms with E-state index in [0.717, 1.165) is 15.5 Å². The monoisotopic (exact) mass is 512 g/mol. The predicted octanol–water partition coefficient (Wildman–Crippen LogP) is 4.44. The van der Waals surface area contributed by atoms with Gasteiger partial charge in [-0.3, -0.25) is 4.79 Å². The number of aryl methyl sites for hydroxylation is 1. The highest BCUT2D eigenvalue weighted by Crippen LogP contribution is 2.33. The Labute approximate surface area is 210 Å². The molecule has 1 aliphatic heterocycles. The Kier molecular flexibility index (Phi) is 8.46. The second kappa shape index (κ2) is 11.7. The number of para-hydroxylation sites is 1. The van der Waals surface area contributed by atoms with Crippen molar-refractivity contribution in [1.29, 1.82) is 0 Å². The van der Waals surface area contributed by atoms with Crippen LogP contribution in [0.25, 0.3) is 0 Å². The van der Waals surface area contributed by atoms with Gasteiger partial charge in [-0.15, -0.1) is 0 Å². The molecule has 1 N–H and O–H groups in total. The van der Waals surface area contributed by atoms with E-state index in [1.54, 1.807) is 30.0 Å². The normalized spacial score (nSPS) is 14.4. The van der Waals surface area contributed by atoms with Crippen molar-refractivity contribution < 1.29 is 22.7 Å². The van der Waals surface area contributed by atoms with Crippen molar-refractivity contribution in [3.8, 4) is 5.75 Å². The Hall–Kier alpha value is -2.85. The van der Waals surface area contributed by atoms with Gasteiger partial charge in [0, 0.05) is 29.3 Å². The predicted molar refractivity (Wildman–Crippen MR) is 137 cm³/mol. The van der Waals surface area contributed by atoms with Gasteiger partial charge < -0.3 is 14.8 Å². The number of amides is 1. The summed E-state index contributed by atoms with van der Waals surface area (Å²) in [5.74, 6) is 0.397. The molecular formula is C26H28N2O5S2. The maximum Gasteiger partial charge on any atom is 0.243 e. The van der Waals surface area contributed by atoms with Crippen LogP contribution in [0.2, 0.25) is 0 Å². The molecule has 35 heavy (non-hydrogen) atoms. The number of benzene rings is 3. The molecule has 1 fully saturated rings. The number of morpholine rings is 1. The van der Waals surface area contributed by atoms with Crippen LogP contribution in [0.15, 0.2) is 87.5 Å². The molecule has 1 aliphatic rings. The number of carbonyl (C=O) groups is 1. The molecule has 3 aromatic carbocycles. The lowest BCUT2D eigenvalue weighted by atomic mass is 10.1. The first-order chi connectivity index (χ1) is 17.0. The standard InChI is InChI=1S/C26H28N2O5S2/c1-32-24-13-12-22(35(30,31)28-15-17-33-18-16-28)19-20(24)11-14-26(29)27-23-9-5-6-10-25(23)34-21-7-3-2-4-8-21/h2-10,12-13,19H,11,14-18H2,1H3,(H,27,29). The summed E-state index contributed by atoms with van der Waals surface area (Å²) >= 11 is 1.58. The van der Waals surface area contributed by atoms with E-state index in [2.05, 4.69) is 5.32 Å². The van der Waals surface area contributed by atoms with Crippen molar-refractivity contribution in [3.63, 3.8) is 0 Å². The molecule has 0 spiro atoms. The number of ether oxygens (including phenoxy) is 2. The fourth-order valence-corrected chi connectivity index (χ4v) is 6.16. The van der Waals surface area contributed by atoms with E-state index < -0.39 is 10.0 Å². The Bertz CT molecular complexity index is 1260. The van der Waals surface area contributed by atoms with Gasteiger partial charge in [0.15, 0.2) is 0 Å². The van der Waals surface area contributed by atoms with E-state index >= 15 is 0 Å². The van der Waals surface area contributed by atoms with Gasteiger partial charge in [0.2, 0.25) is 15.9 Å². The van der Waals surface area contributed by atoms with E-state index in [1.807, 2.05) is 54.6 Å². The van der Waals surface area contributed by atoms with Gasteiger partial charge >= 0.3 is 0 Å².